The molecule has 0 radical (unpaired) electrons. The first-order valence-electron chi connectivity index (χ1n) is 6.19. The molecule has 0 aliphatic carbocycles. The summed E-state index contributed by atoms with van der Waals surface area (Å²) in [4.78, 5) is 2.50. The van der Waals surface area contributed by atoms with E-state index in [0.717, 1.165) is 23.7 Å². The highest BCUT2D eigenvalue weighted by atomic mass is 15.1. The van der Waals surface area contributed by atoms with E-state index >= 15 is 0 Å². The summed E-state index contributed by atoms with van der Waals surface area (Å²) in [6.07, 6.45) is 2.80. The Morgan fingerprint density at radius 2 is 1.86 bits per heavy atom. The molecule has 0 aromatic rings. The lowest BCUT2D eigenvalue weighted by molar-refractivity contribution is 0.141. The van der Waals surface area contributed by atoms with Crippen molar-refractivity contribution in [2.24, 2.45) is 23.7 Å². The zero-order chi connectivity index (χ0) is 10.7. The molecule has 0 spiro atoms. The van der Waals surface area contributed by atoms with Crippen LogP contribution in [0.4, 0.5) is 0 Å². The Labute approximate surface area is 89.9 Å². The maximum atomic E-state index is 2.50. The van der Waals surface area contributed by atoms with Gasteiger partial charge in [-0.1, -0.05) is 27.7 Å². The molecule has 0 amide bonds. The highest BCUT2D eigenvalue weighted by Crippen LogP contribution is 2.31. The van der Waals surface area contributed by atoms with E-state index in [0.29, 0.717) is 0 Å². The van der Waals surface area contributed by atoms with Crippen LogP contribution in [0.5, 0.6) is 0 Å². The third-order valence-corrected chi connectivity index (χ3v) is 3.85. The van der Waals surface area contributed by atoms with Crippen LogP contribution in [0.2, 0.25) is 0 Å². The van der Waals surface area contributed by atoms with Gasteiger partial charge in [-0.25, -0.2) is 0 Å². The highest BCUT2D eigenvalue weighted by Gasteiger charge is 2.25. The minimum absolute atomic E-state index is 0.857. The van der Waals surface area contributed by atoms with Crippen molar-refractivity contribution in [1.29, 1.82) is 0 Å². The third-order valence-electron chi connectivity index (χ3n) is 3.85. The highest BCUT2D eigenvalue weighted by molar-refractivity contribution is 4.77. The molecule has 1 saturated heterocycles. The van der Waals surface area contributed by atoms with Gasteiger partial charge in [0.2, 0.25) is 0 Å². The maximum absolute atomic E-state index is 2.50. The van der Waals surface area contributed by atoms with E-state index in [1.165, 1.54) is 25.9 Å². The summed E-state index contributed by atoms with van der Waals surface area (Å²) in [5.41, 5.74) is 0. The summed E-state index contributed by atoms with van der Waals surface area (Å²) in [6.45, 7) is 12.2. The second-order valence-electron chi connectivity index (χ2n) is 5.78. The van der Waals surface area contributed by atoms with Crippen LogP contribution in [0.15, 0.2) is 0 Å². The van der Waals surface area contributed by atoms with Crippen molar-refractivity contribution < 1.29 is 0 Å². The Hall–Kier alpha value is -0.0400. The molecule has 1 nitrogen and oxygen atoms in total. The van der Waals surface area contributed by atoms with Gasteiger partial charge in [0.1, 0.15) is 0 Å². The van der Waals surface area contributed by atoms with Crippen LogP contribution in [0, 0.1) is 23.7 Å². The van der Waals surface area contributed by atoms with Crippen LogP contribution in [0.1, 0.15) is 40.5 Å². The molecule has 1 heteroatoms. The van der Waals surface area contributed by atoms with Gasteiger partial charge in [-0.15, -0.1) is 0 Å². The van der Waals surface area contributed by atoms with Crippen LogP contribution in [0.3, 0.4) is 0 Å². The zero-order valence-electron chi connectivity index (χ0n) is 10.6. The number of likely N-dealkylation sites (tertiary alicyclic amines) is 1. The largest absolute Gasteiger partial charge is 0.306 e. The van der Waals surface area contributed by atoms with E-state index in [2.05, 4.69) is 39.6 Å². The summed E-state index contributed by atoms with van der Waals surface area (Å²) in [5.74, 6) is 3.57. The van der Waals surface area contributed by atoms with Gasteiger partial charge in [0.05, 0.1) is 0 Å². The van der Waals surface area contributed by atoms with Gasteiger partial charge in [-0.3, -0.25) is 0 Å². The standard InChI is InChI=1S/C13H27N/c1-10(2)13-8-11(3)9-14(5)7-6-12(13)4/h10-13H,6-9H2,1-5H3. The van der Waals surface area contributed by atoms with E-state index < -0.39 is 0 Å². The Morgan fingerprint density at radius 1 is 1.21 bits per heavy atom. The molecule has 0 aromatic heterocycles. The van der Waals surface area contributed by atoms with Gasteiger partial charge in [0.15, 0.2) is 0 Å². The summed E-state index contributed by atoms with van der Waals surface area (Å²) in [7, 11) is 2.26. The fraction of sp³-hybridized carbons (Fsp3) is 1.00. The summed E-state index contributed by atoms with van der Waals surface area (Å²) in [6, 6.07) is 0. The second-order valence-corrected chi connectivity index (χ2v) is 5.78. The Kier molecular flexibility index (Phi) is 4.43. The number of hydrogen-bond donors (Lipinski definition) is 0. The second kappa shape index (κ2) is 5.16. The average molecular weight is 197 g/mol. The summed E-state index contributed by atoms with van der Waals surface area (Å²) >= 11 is 0. The number of hydrogen-bond acceptors (Lipinski definition) is 1. The molecule has 3 unspecified atom stereocenters. The Balaban J connectivity index is 2.59. The van der Waals surface area contributed by atoms with Crippen molar-refractivity contribution in [2.45, 2.75) is 40.5 Å². The lowest BCUT2D eigenvalue weighted by Crippen LogP contribution is -2.34. The predicted octanol–water partition coefficient (Wildman–Crippen LogP) is 3.26. The molecule has 1 rings (SSSR count). The van der Waals surface area contributed by atoms with Gasteiger partial charge >= 0.3 is 0 Å². The molecule has 1 heterocycles. The normalized spacial score (nSPS) is 36.9. The first-order valence-corrected chi connectivity index (χ1v) is 6.19. The lowest BCUT2D eigenvalue weighted by atomic mass is 9.76. The lowest BCUT2D eigenvalue weighted by Gasteiger charge is -2.35. The van der Waals surface area contributed by atoms with Gasteiger partial charge in [0.25, 0.3) is 0 Å². The minimum atomic E-state index is 0.857. The van der Waals surface area contributed by atoms with Crippen molar-refractivity contribution in [1.82, 2.24) is 4.90 Å². The molecular weight excluding hydrogens is 170 g/mol. The van der Waals surface area contributed by atoms with E-state index in [1.807, 2.05) is 0 Å². The van der Waals surface area contributed by atoms with Crippen LogP contribution < -0.4 is 0 Å². The van der Waals surface area contributed by atoms with Crippen molar-refractivity contribution in [3.8, 4) is 0 Å². The summed E-state index contributed by atoms with van der Waals surface area (Å²) < 4.78 is 0. The van der Waals surface area contributed by atoms with Gasteiger partial charge < -0.3 is 4.90 Å². The van der Waals surface area contributed by atoms with E-state index in [4.69, 9.17) is 0 Å². The predicted molar refractivity (Wildman–Crippen MR) is 63.4 cm³/mol. The average Bonchev–Trinajstić information content (AvgIpc) is 2.08. The van der Waals surface area contributed by atoms with Gasteiger partial charge in [-0.05, 0) is 50.1 Å². The van der Waals surface area contributed by atoms with Gasteiger partial charge in [0, 0.05) is 6.54 Å². The molecular formula is C13H27N. The molecule has 1 fully saturated rings. The molecule has 1 aliphatic heterocycles. The van der Waals surface area contributed by atoms with E-state index in [-0.39, 0.29) is 0 Å². The van der Waals surface area contributed by atoms with Gasteiger partial charge in [-0.2, -0.15) is 0 Å². The van der Waals surface area contributed by atoms with E-state index in [1.54, 1.807) is 0 Å². The topological polar surface area (TPSA) is 3.24 Å². The fourth-order valence-corrected chi connectivity index (χ4v) is 2.96. The van der Waals surface area contributed by atoms with Crippen LogP contribution >= 0.6 is 0 Å². The maximum Gasteiger partial charge on any atom is 0.000407 e. The SMILES string of the molecule is CC1CC(C(C)C)C(C)CCN(C)C1. The van der Waals surface area contributed by atoms with Crippen LogP contribution in [0.25, 0.3) is 0 Å². The molecule has 14 heavy (non-hydrogen) atoms. The van der Waals surface area contributed by atoms with Crippen molar-refractivity contribution in [3.63, 3.8) is 0 Å². The Morgan fingerprint density at radius 3 is 2.43 bits per heavy atom. The smallest absolute Gasteiger partial charge is 0.000407 e. The van der Waals surface area contributed by atoms with Crippen molar-refractivity contribution >= 4 is 0 Å². The molecule has 0 saturated carbocycles. The molecule has 3 atom stereocenters. The third kappa shape index (κ3) is 3.27. The first kappa shape index (κ1) is 12.0. The molecule has 0 bridgehead atoms. The molecule has 0 aromatic carbocycles. The molecule has 1 aliphatic rings. The van der Waals surface area contributed by atoms with Crippen molar-refractivity contribution in [3.05, 3.63) is 0 Å². The monoisotopic (exact) mass is 197 g/mol. The Bertz CT molecular complexity index is 165. The number of rotatable bonds is 1. The van der Waals surface area contributed by atoms with Crippen molar-refractivity contribution in [2.75, 3.05) is 20.1 Å². The minimum Gasteiger partial charge on any atom is -0.306 e. The summed E-state index contributed by atoms with van der Waals surface area (Å²) in [5, 5.41) is 0. The molecule has 0 N–H and O–H groups in total. The zero-order valence-corrected chi connectivity index (χ0v) is 10.6. The fourth-order valence-electron chi connectivity index (χ4n) is 2.96. The quantitative estimate of drug-likeness (QED) is 0.623. The van der Waals surface area contributed by atoms with Crippen LogP contribution in [-0.2, 0) is 0 Å². The van der Waals surface area contributed by atoms with E-state index in [9.17, 15) is 0 Å². The first-order chi connectivity index (χ1) is 6.50. The number of nitrogens with zero attached hydrogens (tertiary/aromatic N) is 1. The molecule has 84 valence electrons. The van der Waals surface area contributed by atoms with Crippen LogP contribution in [-0.4, -0.2) is 25.0 Å².